The summed E-state index contributed by atoms with van der Waals surface area (Å²) in [6.07, 6.45) is -9.04. The number of amides is 1. The Hall–Kier alpha value is -2.08. The fourth-order valence-corrected chi connectivity index (χ4v) is 3.20. The van der Waals surface area contributed by atoms with E-state index in [-0.39, 0.29) is 11.8 Å². The number of carbonyl (C=O) groups excluding carboxylic acids is 1. The number of hydrogen-bond acceptors (Lipinski definition) is 3. The summed E-state index contributed by atoms with van der Waals surface area (Å²) in [5.41, 5.74) is -1.84. The first-order chi connectivity index (χ1) is 12.8. The van der Waals surface area contributed by atoms with E-state index in [2.05, 4.69) is 37.0 Å². The SMILES string of the molecule is O=C(N/N=C/c1cc(Br)c(O)c(Br)c1)c1cc(C(F)(F)F)cc(C(F)(F)F)c1. The van der Waals surface area contributed by atoms with Gasteiger partial charge >= 0.3 is 12.4 Å². The molecule has 0 atom stereocenters. The first kappa shape index (κ1) is 22.2. The molecule has 2 aromatic carbocycles. The van der Waals surface area contributed by atoms with Crippen molar-refractivity contribution in [2.75, 3.05) is 0 Å². The van der Waals surface area contributed by atoms with E-state index in [4.69, 9.17) is 0 Å². The predicted octanol–water partition coefficient (Wildman–Crippen LogP) is 5.72. The summed E-state index contributed by atoms with van der Waals surface area (Å²) in [7, 11) is 0. The lowest BCUT2D eigenvalue weighted by Crippen LogP contribution is -2.20. The summed E-state index contributed by atoms with van der Waals surface area (Å²) in [5, 5.41) is 13.1. The number of nitrogens with zero attached hydrogens (tertiary/aromatic N) is 1. The lowest BCUT2D eigenvalue weighted by atomic mass is 10.0. The molecule has 0 radical (unpaired) electrons. The van der Waals surface area contributed by atoms with Crippen LogP contribution in [0.25, 0.3) is 0 Å². The van der Waals surface area contributed by atoms with Gasteiger partial charge in [-0.15, -0.1) is 0 Å². The van der Waals surface area contributed by atoms with Crippen LogP contribution in [0.5, 0.6) is 5.75 Å². The zero-order valence-electron chi connectivity index (χ0n) is 13.3. The van der Waals surface area contributed by atoms with Crippen LogP contribution in [0.2, 0.25) is 0 Å². The molecule has 0 aliphatic rings. The van der Waals surface area contributed by atoms with E-state index in [1.165, 1.54) is 12.1 Å². The zero-order valence-corrected chi connectivity index (χ0v) is 16.5. The van der Waals surface area contributed by atoms with Crippen LogP contribution in [-0.4, -0.2) is 17.2 Å². The van der Waals surface area contributed by atoms with Gasteiger partial charge in [0.2, 0.25) is 0 Å². The molecule has 0 unspecified atom stereocenters. The smallest absolute Gasteiger partial charge is 0.416 e. The Bertz CT molecular complexity index is 886. The fourth-order valence-electron chi connectivity index (χ4n) is 1.98. The quantitative estimate of drug-likeness (QED) is 0.301. The average Bonchev–Trinajstić information content (AvgIpc) is 2.57. The zero-order chi connectivity index (χ0) is 21.3. The van der Waals surface area contributed by atoms with E-state index in [9.17, 15) is 36.2 Å². The normalized spacial score (nSPS) is 12.4. The number of nitrogens with one attached hydrogen (secondary N) is 1. The Balaban J connectivity index is 2.29. The summed E-state index contributed by atoms with van der Waals surface area (Å²) in [6.45, 7) is 0. The van der Waals surface area contributed by atoms with E-state index in [1.807, 2.05) is 5.43 Å². The molecule has 12 heteroatoms. The lowest BCUT2D eigenvalue weighted by molar-refractivity contribution is -0.143. The third kappa shape index (κ3) is 5.47. The number of hydrazone groups is 1. The van der Waals surface area contributed by atoms with Gasteiger partial charge in [0.15, 0.2) is 0 Å². The maximum Gasteiger partial charge on any atom is 0.416 e. The Morgan fingerprint density at radius 2 is 1.39 bits per heavy atom. The van der Waals surface area contributed by atoms with Crippen molar-refractivity contribution in [3.05, 3.63) is 61.5 Å². The van der Waals surface area contributed by atoms with E-state index in [0.29, 0.717) is 26.6 Å². The maximum atomic E-state index is 12.8. The van der Waals surface area contributed by atoms with Gasteiger partial charge in [-0.05, 0) is 67.8 Å². The molecule has 0 aliphatic carbocycles. The van der Waals surface area contributed by atoms with Crippen LogP contribution < -0.4 is 5.43 Å². The van der Waals surface area contributed by atoms with Crippen LogP contribution in [0.3, 0.4) is 0 Å². The molecular weight excluding hydrogens is 526 g/mol. The van der Waals surface area contributed by atoms with Gasteiger partial charge in [0.1, 0.15) is 5.75 Å². The summed E-state index contributed by atoms with van der Waals surface area (Å²) in [5.74, 6) is -1.35. The van der Waals surface area contributed by atoms with Crippen molar-refractivity contribution < 1.29 is 36.2 Å². The Labute approximate surface area is 170 Å². The third-order valence-electron chi connectivity index (χ3n) is 3.27. The molecule has 0 aromatic heterocycles. The molecule has 0 fully saturated rings. The van der Waals surface area contributed by atoms with Gasteiger partial charge in [-0.1, -0.05) is 0 Å². The van der Waals surface area contributed by atoms with Gasteiger partial charge < -0.3 is 5.11 Å². The van der Waals surface area contributed by atoms with Crippen molar-refractivity contribution in [2.24, 2.45) is 5.10 Å². The number of carbonyl (C=O) groups is 1. The largest absolute Gasteiger partial charge is 0.506 e. The fraction of sp³-hybridized carbons (Fsp3) is 0.125. The van der Waals surface area contributed by atoms with Crippen LogP contribution in [-0.2, 0) is 12.4 Å². The predicted molar refractivity (Wildman–Crippen MR) is 95.0 cm³/mol. The van der Waals surface area contributed by atoms with Crippen LogP contribution in [0.4, 0.5) is 26.3 Å². The number of benzene rings is 2. The highest BCUT2D eigenvalue weighted by Gasteiger charge is 2.37. The van der Waals surface area contributed by atoms with Crippen molar-refractivity contribution in [1.82, 2.24) is 5.43 Å². The first-order valence-corrected chi connectivity index (χ1v) is 8.68. The van der Waals surface area contributed by atoms with Crippen molar-refractivity contribution >= 4 is 44.0 Å². The molecule has 2 N–H and O–H groups in total. The standard InChI is InChI=1S/C16H8Br2F6N2O2/c17-11-1-7(2-12(18)13(11)27)6-25-26-14(28)8-3-9(15(19,20)21)5-10(4-8)16(22,23)24/h1-6,27H,(H,26,28)/b25-6+. The first-order valence-electron chi connectivity index (χ1n) is 7.10. The number of hydrogen-bond donors (Lipinski definition) is 2. The molecule has 2 aromatic rings. The number of rotatable bonds is 3. The summed E-state index contributed by atoms with van der Waals surface area (Å²) in [4.78, 5) is 12.0. The monoisotopic (exact) mass is 532 g/mol. The molecule has 150 valence electrons. The van der Waals surface area contributed by atoms with E-state index < -0.39 is 35.0 Å². The Morgan fingerprint density at radius 3 is 1.82 bits per heavy atom. The van der Waals surface area contributed by atoms with Gasteiger partial charge in [0.25, 0.3) is 5.91 Å². The van der Waals surface area contributed by atoms with Crippen LogP contribution >= 0.6 is 31.9 Å². The molecular formula is C16H8Br2F6N2O2. The van der Waals surface area contributed by atoms with E-state index in [0.717, 1.165) is 6.21 Å². The van der Waals surface area contributed by atoms with Crippen LogP contribution in [0, 0.1) is 0 Å². The molecule has 0 saturated heterocycles. The molecule has 4 nitrogen and oxygen atoms in total. The second kappa shape index (κ2) is 8.11. The van der Waals surface area contributed by atoms with Gasteiger partial charge in [-0.25, -0.2) is 5.43 Å². The highest BCUT2D eigenvalue weighted by atomic mass is 79.9. The number of halogens is 8. The molecule has 0 aliphatic heterocycles. The Morgan fingerprint density at radius 1 is 0.929 bits per heavy atom. The van der Waals surface area contributed by atoms with E-state index in [1.54, 1.807) is 0 Å². The summed E-state index contributed by atoms with van der Waals surface area (Å²) >= 11 is 6.13. The molecule has 0 saturated carbocycles. The van der Waals surface area contributed by atoms with Crippen LogP contribution in [0.1, 0.15) is 27.0 Å². The summed E-state index contributed by atoms with van der Waals surface area (Å²) in [6, 6.07) is 3.36. The van der Waals surface area contributed by atoms with Crippen molar-refractivity contribution in [2.45, 2.75) is 12.4 Å². The van der Waals surface area contributed by atoms with Crippen molar-refractivity contribution in [3.63, 3.8) is 0 Å². The molecule has 1 amide bonds. The number of alkyl halides is 6. The highest BCUT2D eigenvalue weighted by molar-refractivity contribution is 9.11. The minimum absolute atomic E-state index is 0.0778. The van der Waals surface area contributed by atoms with E-state index >= 15 is 0 Å². The molecule has 0 spiro atoms. The number of aromatic hydroxyl groups is 1. The molecule has 28 heavy (non-hydrogen) atoms. The molecule has 2 rings (SSSR count). The second-order valence-electron chi connectivity index (χ2n) is 5.33. The lowest BCUT2D eigenvalue weighted by Gasteiger charge is -2.13. The van der Waals surface area contributed by atoms with Gasteiger partial charge in [-0.3, -0.25) is 4.79 Å². The van der Waals surface area contributed by atoms with Crippen molar-refractivity contribution in [1.29, 1.82) is 0 Å². The highest BCUT2D eigenvalue weighted by Crippen LogP contribution is 2.36. The van der Waals surface area contributed by atoms with Crippen LogP contribution in [0.15, 0.2) is 44.4 Å². The Kier molecular flexibility index (Phi) is 6.44. The average molecular weight is 534 g/mol. The minimum Gasteiger partial charge on any atom is -0.506 e. The maximum absolute atomic E-state index is 12.8. The van der Waals surface area contributed by atoms with Gasteiger partial charge in [0, 0.05) is 5.56 Å². The topological polar surface area (TPSA) is 61.7 Å². The number of phenols is 1. The minimum atomic E-state index is -5.07. The summed E-state index contributed by atoms with van der Waals surface area (Å²) < 4.78 is 77.5. The molecule has 0 heterocycles. The van der Waals surface area contributed by atoms with Crippen molar-refractivity contribution in [3.8, 4) is 5.75 Å². The third-order valence-corrected chi connectivity index (χ3v) is 4.48. The second-order valence-corrected chi connectivity index (χ2v) is 7.04. The molecule has 0 bridgehead atoms. The van der Waals surface area contributed by atoms with Gasteiger partial charge in [-0.2, -0.15) is 31.4 Å². The number of phenolic OH excluding ortho intramolecular Hbond substituents is 1. The van der Waals surface area contributed by atoms with Gasteiger partial charge in [0.05, 0.1) is 26.3 Å².